The Morgan fingerprint density at radius 3 is 2.42 bits per heavy atom. The van der Waals surface area contributed by atoms with Gasteiger partial charge in [-0.25, -0.2) is 9.78 Å². The Kier molecular flexibility index (Phi) is 7.92. The third kappa shape index (κ3) is 6.47. The summed E-state index contributed by atoms with van der Waals surface area (Å²) in [5.41, 5.74) is -2.75. The zero-order chi connectivity index (χ0) is 28.7. The first-order valence-electron chi connectivity index (χ1n) is 12.7. The topological polar surface area (TPSA) is 101 Å². The monoisotopic (exact) mass is 538 g/mol. The lowest BCUT2D eigenvalue weighted by atomic mass is 9.86. The van der Waals surface area contributed by atoms with Gasteiger partial charge in [-0.3, -0.25) is 14.5 Å². The molecule has 3 atom stereocenters. The smallest absolute Gasteiger partial charge is 0.433 e. The Labute approximate surface area is 221 Å². The zero-order valence-corrected chi connectivity index (χ0v) is 22.8. The number of amides is 3. The van der Waals surface area contributed by atoms with Gasteiger partial charge in [-0.15, -0.1) is 6.58 Å². The van der Waals surface area contributed by atoms with Crippen LogP contribution in [0, 0.1) is 17.8 Å². The highest BCUT2D eigenvalue weighted by Gasteiger charge is 2.68. The highest BCUT2D eigenvalue weighted by Crippen LogP contribution is 2.59. The number of ether oxygens (including phenoxy) is 1. The Balaban J connectivity index is 1.81. The molecule has 2 fully saturated rings. The van der Waals surface area contributed by atoms with Gasteiger partial charge in [-0.2, -0.15) is 13.2 Å². The average Bonchev–Trinajstić information content (AvgIpc) is 3.38. The second kappa shape index (κ2) is 10.2. The van der Waals surface area contributed by atoms with Gasteiger partial charge in [0, 0.05) is 23.4 Å². The van der Waals surface area contributed by atoms with Gasteiger partial charge in [0.2, 0.25) is 11.8 Å². The number of piperidine rings is 1. The predicted molar refractivity (Wildman–Crippen MR) is 136 cm³/mol. The number of pyridine rings is 1. The number of halogens is 3. The van der Waals surface area contributed by atoms with Gasteiger partial charge >= 0.3 is 12.3 Å². The van der Waals surface area contributed by atoms with Crippen LogP contribution in [0.15, 0.2) is 24.8 Å². The van der Waals surface area contributed by atoms with Crippen LogP contribution in [-0.4, -0.2) is 52.0 Å². The molecule has 0 spiro atoms. The molecule has 11 heteroatoms. The van der Waals surface area contributed by atoms with E-state index in [2.05, 4.69) is 22.2 Å². The molecule has 0 bridgehead atoms. The molecule has 38 heavy (non-hydrogen) atoms. The number of anilines is 1. The molecule has 2 aliphatic rings. The van der Waals surface area contributed by atoms with Crippen LogP contribution in [0.2, 0.25) is 0 Å². The molecule has 210 valence electrons. The molecule has 1 aliphatic carbocycles. The van der Waals surface area contributed by atoms with Crippen LogP contribution >= 0.6 is 0 Å². The third-order valence-electron chi connectivity index (χ3n) is 7.14. The minimum atomic E-state index is -4.67. The van der Waals surface area contributed by atoms with Crippen LogP contribution in [0.25, 0.3) is 0 Å². The van der Waals surface area contributed by atoms with Crippen LogP contribution in [0.5, 0.6) is 0 Å². The number of alkyl halides is 3. The zero-order valence-electron chi connectivity index (χ0n) is 22.8. The molecule has 1 saturated heterocycles. The molecular weight excluding hydrogens is 501 g/mol. The van der Waals surface area contributed by atoms with Crippen molar-refractivity contribution >= 4 is 23.7 Å². The number of allylic oxidation sites excluding steroid dienone is 1. The van der Waals surface area contributed by atoms with Crippen molar-refractivity contribution in [3.8, 4) is 0 Å². The molecule has 1 aromatic heterocycles. The van der Waals surface area contributed by atoms with Crippen LogP contribution in [0.4, 0.5) is 23.8 Å². The summed E-state index contributed by atoms with van der Waals surface area (Å²) in [7, 11) is 0. The van der Waals surface area contributed by atoms with E-state index in [0.29, 0.717) is 24.8 Å². The SMILES string of the molecule is C=CCCC(C)(C)C(=O)NC[C@@]12C[C@@H](C(=O)Nc3nc(C(F)(F)F)ccc3C)N(C(=O)OC(C)(C)C)[C@@H]1C2. The fourth-order valence-corrected chi connectivity index (χ4v) is 4.78. The number of likely N-dealkylation sites (tertiary alicyclic amines) is 1. The maximum Gasteiger partial charge on any atom is 0.433 e. The highest BCUT2D eigenvalue weighted by atomic mass is 19.4. The summed E-state index contributed by atoms with van der Waals surface area (Å²) < 4.78 is 45.1. The van der Waals surface area contributed by atoms with E-state index >= 15 is 0 Å². The number of hydrogen-bond acceptors (Lipinski definition) is 5. The minimum Gasteiger partial charge on any atom is -0.444 e. The summed E-state index contributed by atoms with van der Waals surface area (Å²) in [5.74, 6) is -1.02. The van der Waals surface area contributed by atoms with E-state index in [1.54, 1.807) is 26.8 Å². The molecular formula is C27H37F3N4O4. The lowest BCUT2D eigenvalue weighted by molar-refractivity contribution is -0.141. The molecule has 8 nitrogen and oxygen atoms in total. The summed E-state index contributed by atoms with van der Waals surface area (Å²) in [6.45, 7) is 14.3. The lowest BCUT2D eigenvalue weighted by Crippen LogP contribution is -2.47. The number of fused-ring (bicyclic) bond motifs is 1. The van der Waals surface area contributed by atoms with Crippen molar-refractivity contribution < 1.29 is 32.3 Å². The first kappa shape index (κ1) is 29.4. The molecule has 1 saturated carbocycles. The van der Waals surface area contributed by atoms with Crippen molar-refractivity contribution in [2.45, 2.75) is 91.1 Å². The fraction of sp³-hybridized carbons (Fsp3) is 0.630. The summed E-state index contributed by atoms with van der Waals surface area (Å²) in [6, 6.07) is 0.732. The van der Waals surface area contributed by atoms with Gasteiger partial charge in [0.1, 0.15) is 23.2 Å². The quantitative estimate of drug-likeness (QED) is 0.442. The van der Waals surface area contributed by atoms with Crippen LogP contribution in [-0.2, 0) is 20.5 Å². The molecule has 1 aromatic rings. The molecule has 2 N–H and O–H groups in total. The third-order valence-corrected chi connectivity index (χ3v) is 7.14. The van der Waals surface area contributed by atoms with Crippen LogP contribution in [0.3, 0.4) is 0 Å². The number of nitrogens with one attached hydrogen (secondary N) is 2. The maximum atomic E-state index is 13.4. The standard InChI is InChI=1S/C27H37F3N4O4/c1-8-9-12-25(6,7)22(36)31-15-26-13-17(34(19(26)14-26)23(37)38-24(3,4)5)21(35)33-20-16(2)10-11-18(32-20)27(28,29)30/h8,10-11,17,19H,1,9,12-15H2,2-7H3,(H,31,36)(H,32,33,35)/t17-,19+,26-/m0/s1. The van der Waals surface area contributed by atoms with Crippen LogP contribution < -0.4 is 10.6 Å². The van der Waals surface area contributed by atoms with Crippen molar-refractivity contribution in [1.82, 2.24) is 15.2 Å². The van der Waals surface area contributed by atoms with Crippen molar-refractivity contribution in [3.63, 3.8) is 0 Å². The number of carbonyl (C=O) groups excluding carboxylic acids is 3. The Morgan fingerprint density at radius 2 is 1.84 bits per heavy atom. The molecule has 0 aromatic carbocycles. The first-order valence-corrected chi connectivity index (χ1v) is 12.7. The number of nitrogens with zero attached hydrogens (tertiary/aromatic N) is 2. The number of rotatable bonds is 8. The van der Waals surface area contributed by atoms with Gasteiger partial charge in [-0.05, 0) is 65.0 Å². The van der Waals surface area contributed by atoms with E-state index in [0.717, 1.165) is 6.07 Å². The number of hydrogen-bond donors (Lipinski definition) is 2. The van der Waals surface area contributed by atoms with Gasteiger partial charge in [0.25, 0.3) is 0 Å². The Morgan fingerprint density at radius 1 is 1.18 bits per heavy atom. The average molecular weight is 539 g/mol. The number of aryl methyl sites for hydroxylation is 1. The molecule has 1 aliphatic heterocycles. The molecule has 0 radical (unpaired) electrons. The number of aromatic nitrogens is 1. The van der Waals surface area contributed by atoms with Crippen molar-refractivity contribution in [2.24, 2.45) is 10.8 Å². The highest BCUT2D eigenvalue weighted by molar-refractivity contribution is 5.97. The van der Waals surface area contributed by atoms with Crippen molar-refractivity contribution in [1.29, 1.82) is 0 Å². The van der Waals surface area contributed by atoms with Gasteiger partial charge in [0.15, 0.2) is 0 Å². The van der Waals surface area contributed by atoms with E-state index < -0.39 is 46.3 Å². The van der Waals surface area contributed by atoms with Crippen molar-refractivity contribution in [3.05, 3.63) is 36.0 Å². The van der Waals surface area contributed by atoms with E-state index in [1.807, 2.05) is 13.8 Å². The molecule has 3 rings (SSSR count). The second-order valence-corrected chi connectivity index (χ2v) is 11.9. The second-order valence-electron chi connectivity index (χ2n) is 11.9. The van der Waals surface area contributed by atoms with Gasteiger partial charge < -0.3 is 15.4 Å². The largest absolute Gasteiger partial charge is 0.444 e. The summed E-state index contributed by atoms with van der Waals surface area (Å²) >= 11 is 0. The Bertz CT molecular complexity index is 1110. The number of carbonyl (C=O) groups is 3. The predicted octanol–water partition coefficient (Wildman–Crippen LogP) is 5.22. The summed E-state index contributed by atoms with van der Waals surface area (Å²) in [4.78, 5) is 44.3. The van der Waals surface area contributed by atoms with Gasteiger partial charge in [0.05, 0.1) is 0 Å². The van der Waals surface area contributed by atoms with Crippen molar-refractivity contribution in [2.75, 3.05) is 11.9 Å². The summed E-state index contributed by atoms with van der Waals surface area (Å²) in [5, 5.41) is 5.47. The Hall–Kier alpha value is -3.11. The molecule has 2 heterocycles. The first-order chi connectivity index (χ1) is 17.4. The molecule has 0 unspecified atom stereocenters. The van der Waals surface area contributed by atoms with E-state index in [-0.39, 0.29) is 30.7 Å². The van der Waals surface area contributed by atoms with Crippen LogP contribution in [0.1, 0.15) is 71.6 Å². The maximum absolute atomic E-state index is 13.4. The normalized spacial score (nSPS) is 22.9. The van der Waals surface area contributed by atoms with E-state index in [4.69, 9.17) is 4.74 Å². The van der Waals surface area contributed by atoms with E-state index in [9.17, 15) is 27.6 Å². The van der Waals surface area contributed by atoms with E-state index in [1.165, 1.54) is 17.9 Å². The fourth-order valence-electron chi connectivity index (χ4n) is 4.78. The molecule has 3 amide bonds. The lowest BCUT2D eigenvalue weighted by Gasteiger charge is -2.29. The van der Waals surface area contributed by atoms with Gasteiger partial charge in [-0.1, -0.05) is 26.0 Å². The minimum absolute atomic E-state index is 0.139. The summed E-state index contributed by atoms with van der Waals surface area (Å²) in [6.07, 6.45) is -1.49.